The van der Waals surface area contributed by atoms with Gasteiger partial charge in [0.25, 0.3) is 0 Å². The fourth-order valence-electron chi connectivity index (χ4n) is 1.41. The Kier molecular flexibility index (Phi) is 3.57. The first-order valence-electron chi connectivity index (χ1n) is 5.06. The molecule has 2 rings (SSSR count). The Morgan fingerprint density at radius 2 is 1.94 bits per heavy atom. The van der Waals surface area contributed by atoms with E-state index in [0.717, 1.165) is 0 Å². The number of nitrogens with zero attached hydrogens (tertiary/aromatic N) is 3. The van der Waals surface area contributed by atoms with E-state index in [1.807, 2.05) is 12.1 Å². The molecule has 4 nitrogen and oxygen atoms in total. The van der Waals surface area contributed by atoms with E-state index in [0.29, 0.717) is 27.1 Å². The number of nitrogens with one attached hydrogen (secondary N) is 1. The maximum absolute atomic E-state index is 8.98. The molecule has 0 aliphatic rings. The smallest absolute Gasteiger partial charge is 0.144 e. The summed E-state index contributed by atoms with van der Waals surface area (Å²) in [4.78, 5) is 4.13. The molecule has 1 N–H and O–H groups in total. The van der Waals surface area contributed by atoms with Crippen molar-refractivity contribution in [2.24, 2.45) is 0 Å². The predicted molar refractivity (Wildman–Crippen MR) is 71.1 cm³/mol. The molecule has 0 atom stereocenters. The highest BCUT2D eigenvalue weighted by Crippen LogP contribution is 2.25. The van der Waals surface area contributed by atoms with Gasteiger partial charge in [0.1, 0.15) is 18.0 Å². The molecule has 86 valence electrons. The van der Waals surface area contributed by atoms with E-state index in [-0.39, 0.29) is 0 Å². The molecule has 0 saturated heterocycles. The average Bonchev–Trinajstić information content (AvgIpc) is 2.41. The lowest BCUT2D eigenvalue weighted by molar-refractivity contribution is 1.27. The van der Waals surface area contributed by atoms with Crippen molar-refractivity contribution in [2.75, 3.05) is 5.32 Å². The van der Waals surface area contributed by atoms with Gasteiger partial charge in [-0.2, -0.15) is 10.5 Å². The lowest BCUT2D eigenvalue weighted by atomic mass is 10.2. The van der Waals surface area contributed by atoms with Crippen LogP contribution in [0.2, 0.25) is 0 Å². The zero-order valence-electron chi connectivity index (χ0n) is 9.18. The Hall–Kier alpha value is -2.37. The molecule has 18 heavy (non-hydrogen) atoms. The number of anilines is 2. The first kappa shape index (κ1) is 12.1. The van der Waals surface area contributed by atoms with Crippen LogP contribution < -0.4 is 5.32 Å². The molecule has 0 bridgehead atoms. The van der Waals surface area contributed by atoms with Gasteiger partial charge in [0.15, 0.2) is 0 Å². The average molecular weight is 299 g/mol. The molecule has 0 saturated carbocycles. The highest BCUT2D eigenvalue weighted by molar-refractivity contribution is 9.10. The third-order valence-electron chi connectivity index (χ3n) is 2.27. The van der Waals surface area contributed by atoms with Crippen LogP contribution in [0.15, 0.2) is 41.0 Å². The summed E-state index contributed by atoms with van der Waals surface area (Å²) < 4.78 is 0.675. The van der Waals surface area contributed by atoms with Crippen molar-refractivity contribution in [3.8, 4) is 12.1 Å². The first-order valence-corrected chi connectivity index (χ1v) is 5.85. The van der Waals surface area contributed by atoms with Gasteiger partial charge in [-0.1, -0.05) is 12.1 Å². The summed E-state index contributed by atoms with van der Waals surface area (Å²) >= 11 is 3.33. The van der Waals surface area contributed by atoms with Gasteiger partial charge >= 0.3 is 0 Å². The Balaban J connectivity index is 2.36. The summed E-state index contributed by atoms with van der Waals surface area (Å²) in [6, 6.07) is 12.9. The number of aromatic nitrogens is 1. The third kappa shape index (κ3) is 2.48. The van der Waals surface area contributed by atoms with Crippen molar-refractivity contribution in [1.29, 1.82) is 10.5 Å². The lowest BCUT2D eigenvalue weighted by Gasteiger charge is -2.08. The maximum Gasteiger partial charge on any atom is 0.144 e. The van der Waals surface area contributed by atoms with Crippen molar-refractivity contribution < 1.29 is 0 Å². The minimum Gasteiger partial charge on any atom is -0.338 e. The molecule has 0 spiro atoms. The third-order valence-corrected chi connectivity index (χ3v) is 2.88. The first-order chi connectivity index (χ1) is 8.74. The molecule has 5 heteroatoms. The highest BCUT2D eigenvalue weighted by atomic mass is 79.9. The Morgan fingerprint density at radius 3 is 2.61 bits per heavy atom. The summed E-state index contributed by atoms with van der Waals surface area (Å²) in [5.74, 6) is 0.566. The van der Waals surface area contributed by atoms with E-state index < -0.39 is 0 Å². The molecule has 0 amide bonds. The zero-order valence-corrected chi connectivity index (χ0v) is 10.8. The summed E-state index contributed by atoms with van der Waals surface area (Å²) in [7, 11) is 0. The van der Waals surface area contributed by atoms with Crippen LogP contribution in [-0.4, -0.2) is 4.98 Å². The van der Waals surface area contributed by atoms with Crippen LogP contribution in [0.4, 0.5) is 11.5 Å². The molecular weight excluding hydrogens is 292 g/mol. The number of rotatable bonds is 2. The fourth-order valence-corrected chi connectivity index (χ4v) is 1.86. The van der Waals surface area contributed by atoms with Gasteiger partial charge in [-0.3, -0.25) is 0 Å². The number of benzene rings is 1. The molecule has 1 aromatic heterocycles. The fraction of sp³-hybridized carbons (Fsp3) is 0. The second-order valence-corrected chi connectivity index (χ2v) is 4.30. The molecule has 1 aromatic carbocycles. The van der Waals surface area contributed by atoms with Gasteiger partial charge in [-0.05, 0) is 34.1 Å². The van der Waals surface area contributed by atoms with E-state index >= 15 is 0 Å². The van der Waals surface area contributed by atoms with Crippen LogP contribution in [0.1, 0.15) is 11.1 Å². The number of para-hydroxylation sites is 1. The molecule has 0 unspecified atom stereocenters. The largest absolute Gasteiger partial charge is 0.338 e. The standard InChI is InChI=1S/C13H7BrN4/c14-11-5-9(6-15)8-17-13(11)18-12-4-2-1-3-10(12)7-16/h1-5,8H,(H,17,18). The van der Waals surface area contributed by atoms with Gasteiger partial charge in [0.05, 0.1) is 21.3 Å². The van der Waals surface area contributed by atoms with E-state index in [9.17, 15) is 0 Å². The van der Waals surface area contributed by atoms with E-state index in [1.165, 1.54) is 6.20 Å². The van der Waals surface area contributed by atoms with Gasteiger partial charge in [0.2, 0.25) is 0 Å². The summed E-state index contributed by atoms with van der Waals surface area (Å²) in [6.45, 7) is 0. The topological polar surface area (TPSA) is 72.5 Å². The maximum atomic E-state index is 8.98. The normalized spacial score (nSPS) is 9.28. The minimum atomic E-state index is 0.473. The van der Waals surface area contributed by atoms with Crippen molar-refractivity contribution in [3.05, 3.63) is 52.1 Å². The minimum absolute atomic E-state index is 0.473. The van der Waals surface area contributed by atoms with Crippen LogP contribution in [-0.2, 0) is 0 Å². The molecule has 2 aromatic rings. The van der Waals surface area contributed by atoms with Crippen molar-refractivity contribution in [1.82, 2.24) is 4.98 Å². The summed E-state index contributed by atoms with van der Waals surface area (Å²) in [6.07, 6.45) is 1.47. The number of hydrogen-bond donors (Lipinski definition) is 1. The molecule has 1 heterocycles. The van der Waals surface area contributed by atoms with E-state index in [4.69, 9.17) is 10.5 Å². The van der Waals surface area contributed by atoms with Gasteiger partial charge in [0, 0.05) is 6.20 Å². The number of pyridine rings is 1. The van der Waals surface area contributed by atoms with Gasteiger partial charge in [-0.25, -0.2) is 4.98 Å². The second-order valence-electron chi connectivity index (χ2n) is 3.45. The van der Waals surface area contributed by atoms with Crippen molar-refractivity contribution in [2.45, 2.75) is 0 Å². The summed E-state index contributed by atoms with van der Waals surface area (Å²) in [5, 5.41) is 20.8. The van der Waals surface area contributed by atoms with Gasteiger partial charge < -0.3 is 5.32 Å². The Labute approximate surface area is 113 Å². The Bertz CT molecular complexity index is 667. The zero-order chi connectivity index (χ0) is 13.0. The predicted octanol–water partition coefficient (Wildman–Crippen LogP) is 3.33. The molecular formula is C13H7BrN4. The SMILES string of the molecule is N#Cc1cnc(Nc2ccccc2C#N)c(Br)c1. The number of hydrogen-bond acceptors (Lipinski definition) is 4. The second kappa shape index (κ2) is 5.31. The van der Waals surface area contributed by atoms with Crippen LogP contribution >= 0.6 is 15.9 Å². The lowest BCUT2D eigenvalue weighted by Crippen LogP contribution is -1.97. The molecule has 0 aliphatic heterocycles. The number of nitriles is 2. The van der Waals surface area contributed by atoms with Crippen LogP contribution in [0, 0.1) is 22.7 Å². The van der Waals surface area contributed by atoms with E-state index in [2.05, 4.69) is 32.3 Å². The molecule has 0 aliphatic carbocycles. The molecule has 0 fully saturated rings. The van der Waals surface area contributed by atoms with Crippen molar-refractivity contribution >= 4 is 27.4 Å². The summed E-state index contributed by atoms with van der Waals surface area (Å²) in [5.41, 5.74) is 1.69. The van der Waals surface area contributed by atoms with Gasteiger partial charge in [-0.15, -0.1) is 0 Å². The van der Waals surface area contributed by atoms with Crippen LogP contribution in [0.5, 0.6) is 0 Å². The number of halogens is 1. The highest BCUT2D eigenvalue weighted by Gasteiger charge is 2.06. The van der Waals surface area contributed by atoms with E-state index in [1.54, 1.807) is 24.3 Å². The quantitative estimate of drug-likeness (QED) is 0.923. The van der Waals surface area contributed by atoms with Crippen LogP contribution in [0.3, 0.4) is 0 Å². The molecule has 0 radical (unpaired) electrons. The monoisotopic (exact) mass is 298 g/mol. The van der Waals surface area contributed by atoms with Crippen LogP contribution in [0.25, 0.3) is 0 Å². The van der Waals surface area contributed by atoms with Crippen molar-refractivity contribution in [3.63, 3.8) is 0 Å². The Morgan fingerprint density at radius 1 is 1.17 bits per heavy atom.